The Morgan fingerprint density at radius 3 is 2.86 bits per heavy atom. The highest BCUT2D eigenvalue weighted by Crippen LogP contribution is 2.28. The Morgan fingerprint density at radius 2 is 2.21 bits per heavy atom. The maximum Gasteiger partial charge on any atom is 0.352 e. The Bertz CT molecular complexity index is 521. The van der Waals surface area contributed by atoms with Crippen molar-refractivity contribution in [2.24, 2.45) is 0 Å². The van der Waals surface area contributed by atoms with Crippen molar-refractivity contribution in [3.63, 3.8) is 0 Å². The van der Waals surface area contributed by atoms with E-state index < -0.39 is 5.97 Å². The van der Waals surface area contributed by atoms with Crippen LogP contribution in [0.1, 0.15) is 10.5 Å². The van der Waals surface area contributed by atoms with Crippen molar-refractivity contribution < 1.29 is 9.90 Å². The number of imidazole rings is 1. The monoisotopic (exact) mass is 230 g/mol. The van der Waals surface area contributed by atoms with Crippen molar-refractivity contribution in [1.82, 2.24) is 9.38 Å². The largest absolute Gasteiger partial charge is 0.477 e. The molecule has 2 heterocycles. The average Bonchev–Trinajstić information content (AvgIpc) is 2.59. The first-order valence-electron chi connectivity index (χ1n) is 3.64. The Morgan fingerprint density at radius 1 is 1.50 bits per heavy atom. The summed E-state index contributed by atoms with van der Waals surface area (Å²) in [5.74, 6) is -1.08. The van der Waals surface area contributed by atoms with Crippen LogP contribution in [0.3, 0.4) is 0 Å². The summed E-state index contributed by atoms with van der Waals surface area (Å²) < 4.78 is 1.37. The van der Waals surface area contributed by atoms with Crippen LogP contribution in [-0.2, 0) is 0 Å². The van der Waals surface area contributed by atoms with Crippen LogP contribution in [0.15, 0.2) is 18.6 Å². The molecule has 0 aliphatic carbocycles. The van der Waals surface area contributed by atoms with Crippen LogP contribution >= 0.6 is 23.2 Å². The van der Waals surface area contributed by atoms with Crippen molar-refractivity contribution in [2.75, 3.05) is 0 Å². The molecule has 2 aromatic heterocycles. The fourth-order valence-corrected chi connectivity index (χ4v) is 1.58. The predicted molar refractivity (Wildman–Crippen MR) is 52.2 cm³/mol. The van der Waals surface area contributed by atoms with E-state index in [0.717, 1.165) is 0 Å². The molecule has 0 saturated carbocycles. The highest BCUT2D eigenvalue weighted by atomic mass is 35.5. The zero-order valence-corrected chi connectivity index (χ0v) is 8.25. The lowest BCUT2D eigenvalue weighted by Crippen LogP contribution is -2.04. The van der Waals surface area contributed by atoms with Crippen LogP contribution < -0.4 is 0 Å². The Labute approximate surface area is 88.7 Å². The summed E-state index contributed by atoms with van der Waals surface area (Å²) in [6.45, 7) is 0. The van der Waals surface area contributed by atoms with Crippen molar-refractivity contribution >= 4 is 34.7 Å². The van der Waals surface area contributed by atoms with Gasteiger partial charge >= 0.3 is 5.97 Å². The Balaban J connectivity index is 2.91. The van der Waals surface area contributed by atoms with E-state index in [1.807, 2.05) is 0 Å². The van der Waals surface area contributed by atoms with E-state index in [4.69, 9.17) is 28.3 Å². The molecule has 0 atom stereocenters. The number of hydrogen-bond acceptors (Lipinski definition) is 2. The summed E-state index contributed by atoms with van der Waals surface area (Å²) in [4.78, 5) is 14.6. The van der Waals surface area contributed by atoms with Crippen molar-refractivity contribution in [3.05, 3.63) is 34.3 Å². The molecule has 0 aliphatic heterocycles. The predicted octanol–water partition coefficient (Wildman–Crippen LogP) is 2.34. The molecule has 0 radical (unpaired) electrons. The molecule has 0 aliphatic rings. The van der Waals surface area contributed by atoms with Gasteiger partial charge in [0.05, 0.1) is 28.1 Å². The minimum atomic E-state index is -1.08. The van der Waals surface area contributed by atoms with Gasteiger partial charge in [0.15, 0.2) is 0 Å². The summed E-state index contributed by atoms with van der Waals surface area (Å²) in [6, 6.07) is 1.29. The SMILES string of the molecule is O=C(O)c1cc(Cl)c(Cl)c2cncn12. The molecule has 6 heteroatoms. The number of halogens is 2. The molecule has 0 aromatic carbocycles. The lowest BCUT2D eigenvalue weighted by molar-refractivity contribution is 0.0689. The van der Waals surface area contributed by atoms with Crippen LogP contribution in [0, 0.1) is 0 Å². The van der Waals surface area contributed by atoms with Crippen molar-refractivity contribution in [1.29, 1.82) is 0 Å². The molecule has 2 aromatic rings. The van der Waals surface area contributed by atoms with Gasteiger partial charge in [0.1, 0.15) is 5.69 Å². The van der Waals surface area contributed by atoms with E-state index >= 15 is 0 Å². The minimum absolute atomic E-state index is 0.0342. The van der Waals surface area contributed by atoms with Gasteiger partial charge in [-0.05, 0) is 6.07 Å². The third-order valence-electron chi connectivity index (χ3n) is 1.82. The fraction of sp³-hybridized carbons (Fsp3) is 0. The van der Waals surface area contributed by atoms with Gasteiger partial charge in [-0.1, -0.05) is 23.2 Å². The average molecular weight is 231 g/mol. The second-order valence-electron chi connectivity index (χ2n) is 2.65. The van der Waals surface area contributed by atoms with Crippen LogP contribution in [0.25, 0.3) is 5.52 Å². The van der Waals surface area contributed by atoms with Gasteiger partial charge in [-0.25, -0.2) is 9.78 Å². The molecule has 0 fully saturated rings. The Hall–Kier alpha value is -1.26. The number of carboxylic acid groups (broad SMARTS) is 1. The van der Waals surface area contributed by atoms with Gasteiger partial charge in [-0.15, -0.1) is 0 Å². The highest BCUT2D eigenvalue weighted by molar-refractivity contribution is 6.44. The van der Waals surface area contributed by atoms with Crippen LogP contribution in [0.2, 0.25) is 10.0 Å². The van der Waals surface area contributed by atoms with Gasteiger partial charge in [0.25, 0.3) is 0 Å². The number of rotatable bonds is 1. The molecule has 14 heavy (non-hydrogen) atoms. The summed E-state index contributed by atoms with van der Waals surface area (Å²) in [7, 11) is 0. The van der Waals surface area contributed by atoms with Crippen LogP contribution in [0.5, 0.6) is 0 Å². The van der Waals surface area contributed by atoms with E-state index in [9.17, 15) is 4.79 Å². The lowest BCUT2D eigenvalue weighted by Gasteiger charge is -2.03. The van der Waals surface area contributed by atoms with Crippen molar-refractivity contribution in [2.45, 2.75) is 0 Å². The van der Waals surface area contributed by atoms with Gasteiger partial charge in [0, 0.05) is 0 Å². The molecular weight excluding hydrogens is 227 g/mol. The normalized spacial score (nSPS) is 10.7. The molecule has 0 bridgehead atoms. The zero-order chi connectivity index (χ0) is 10.3. The lowest BCUT2D eigenvalue weighted by atomic mass is 10.3. The minimum Gasteiger partial charge on any atom is -0.477 e. The molecule has 2 rings (SSSR count). The number of fused-ring (bicyclic) bond motifs is 1. The van der Waals surface area contributed by atoms with E-state index in [1.165, 1.54) is 23.0 Å². The first kappa shape index (κ1) is 9.30. The number of pyridine rings is 1. The first-order chi connectivity index (χ1) is 6.61. The number of aromatic nitrogens is 2. The molecule has 0 unspecified atom stereocenters. The molecule has 0 saturated heterocycles. The van der Waals surface area contributed by atoms with E-state index in [2.05, 4.69) is 4.98 Å². The molecular formula is C8H4Cl2N2O2. The zero-order valence-electron chi connectivity index (χ0n) is 6.74. The van der Waals surface area contributed by atoms with Gasteiger partial charge in [-0.2, -0.15) is 0 Å². The number of aromatic carboxylic acids is 1. The highest BCUT2D eigenvalue weighted by Gasteiger charge is 2.13. The number of nitrogens with zero attached hydrogens (tertiary/aromatic N) is 2. The number of carboxylic acids is 1. The molecule has 72 valence electrons. The number of hydrogen-bond donors (Lipinski definition) is 1. The van der Waals surface area contributed by atoms with Gasteiger partial charge in [0.2, 0.25) is 0 Å². The third-order valence-corrected chi connectivity index (χ3v) is 2.61. The topological polar surface area (TPSA) is 54.6 Å². The summed E-state index contributed by atoms with van der Waals surface area (Å²) >= 11 is 11.6. The quantitative estimate of drug-likeness (QED) is 0.819. The fourth-order valence-electron chi connectivity index (χ4n) is 1.19. The Kier molecular flexibility index (Phi) is 2.09. The standard InChI is InChI=1S/C8H4Cl2N2O2/c9-4-1-5(8(13)14)12-3-11-2-6(12)7(4)10/h1-3H,(H,13,14). The molecule has 4 nitrogen and oxygen atoms in total. The van der Waals surface area contributed by atoms with Crippen molar-refractivity contribution in [3.8, 4) is 0 Å². The third kappa shape index (κ3) is 1.23. The second kappa shape index (κ2) is 3.15. The van der Waals surface area contributed by atoms with E-state index in [-0.39, 0.29) is 10.7 Å². The maximum atomic E-state index is 10.8. The summed E-state index contributed by atoms with van der Waals surface area (Å²) in [5.41, 5.74) is 0.517. The first-order valence-corrected chi connectivity index (χ1v) is 4.40. The van der Waals surface area contributed by atoms with E-state index in [1.54, 1.807) is 0 Å². The van der Waals surface area contributed by atoms with Crippen LogP contribution in [0.4, 0.5) is 0 Å². The van der Waals surface area contributed by atoms with Crippen LogP contribution in [-0.4, -0.2) is 20.5 Å². The van der Waals surface area contributed by atoms with Gasteiger partial charge in [-0.3, -0.25) is 4.40 Å². The molecule has 0 amide bonds. The van der Waals surface area contributed by atoms with Gasteiger partial charge < -0.3 is 5.11 Å². The molecule has 0 spiro atoms. The number of carbonyl (C=O) groups is 1. The smallest absolute Gasteiger partial charge is 0.352 e. The maximum absolute atomic E-state index is 10.8. The summed E-state index contributed by atoms with van der Waals surface area (Å²) in [5, 5.41) is 9.37. The summed E-state index contributed by atoms with van der Waals surface area (Å²) in [6.07, 6.45) is 2.83. The molecule has 1 N–H and O–H groups in total. The second-order valence-corrected chi connectivity index (χ2v) is 3.43. The van der Waals surface area contributed by atoms with E-state index in [0.29, 0.717) is 10.5 Å².